The third kappa shape index (κ3) is 3.71. The van der Waals surface area contributed by atoms with Crippen LogP contribution in [0, 0.1) is 20.8 Å². The second-order valence-electron chi connectivity index (χ2n) is 7.76. The molecule has 5 heteroatoms. The molecular weight excluding hydrogens is 394 g/mol. The van der Waals surface area contributed by atoms with Crippen molar-refractivity contribution in [1.29, 1.82) is 0 Å². The first-order valence-electron chi connectivity index (χ1n) is 9.97. The van der Waals surface area contributed by atoms with E-state index in [1.165, 1.54) is 5.56 Å². The molecule has 0 aliphatic rings. The van der Waals surface area contributed by atoms with Crippen LogP contribution < -0.4 is 5.32 Å². The third-order valence-electron chi connectivity index (χ3n) is 5.39. The fraction of sp³-hybridized carbons (Fsp3) is 0.200. The molecule has 1 amide bonds. The summed E-state index contributed by atoms with van der Waals surface area (Å²) >= 11 is 6.27. The van der Waals surface area contributed by atoms with E-state index in [1.54, 1.807) is 4.68 Å². The first-order chi connectivity index (χ1) is 14.3. The number of hydrogen-bond donors (Lipinski definition) is 1. The quantitative estimate of drug-likeness (QED) is 0.413. The maximum absolute atomic E-state index is 13.2. The Bertz CT molecular complexity index is 1220. The van der Waals surface area contributed by atoms with Gasteiger partial charge in [-0.2, -0.15) is 5.10 Å². The number of nitrogens with zero attached hydrogens (tertiary/aromatic N) is 2. The zero-order valence-corrected chi connectivity index (χ0v) is 18.3. The van der Waals surface area contributed by atoms with Crippen LogP contribution in [0.15, 0.2) is 60.7 Å². The Morgan fingerprint density at radius 1 is 1.00 bits per heavy atom. The summed E-state index contributed by atoms with van der Waals surface area (Å²) in [5, 5.41) is 9.49. The summed E-state index contributed by atoms with van der Waals surface area (Å²) in [5.41, 5.74) is 6.82. The van der Waals surface area contributed by atoms with Gasteiger partial charge in [0.25, 0.3) is 0 Å². The number of hydrogen-bond acceptors (Lipinski definition) is 2. The molecule has 0 aliphatic heterocycles. The Hall–Kier alpha value is -3.11. The van der Waals surface area contributed by atoms with Gasteiger partial charge in [-0.15, -0.1) is 0 Å². The first kappa shape index (κ1) is 20.2. The Labute approximate surface area is 181 Å². The number of aromatic nitrogens is 2. The van der Waals surface area contributed by atoms with Crippen molar-refractivity contribution < 1.29 is 4.79 Å². The van der Waals surface area contributed by atoms with Gasteiger partial charge in [0.15, 0.2) is 0 Å². The Balaban J connectivity index is 1.75. The number of halogens is 1. The molecule has 1 aromatic heterocycles. The zero-order valence-electron chi connectivity index (χ0n) is 17.5. The van der Waals surface area contributed by atoms with E-state index in [0.29, 0.717) is 5.02 Å². The largest absolute Gasteiger partial charge is 0.324 e. The van der Waals surface area contributed by atoms with Gasteiger partial charge in [-0.25, -0.2) is 0 Å². The number of fused-ring (bicyclic) bond motifs is 1. The molecule has 1 N–H and O–H groups in total. The van der Waals surface area contributed by atoms with Crippen molar-refractivity contribution in [2.24, 2.45) is 0 Å². The van der Waals surface area contributed by atoms with Crippen LogP contribution in [-0.4, -0.2) is 15.7 Å². The molecule has 0 bridgehead atoms. The molecule has 0 fully saturated rings. The molecule has 0 spiro atoms. The van der Waals surface area contributed by atoms with E-state index in [1.807, 2.05) is 69.3 Å². The Morgan fingerprint density at radius 2 is 1.67 bits per heavy atom. The summed E-state index contributed by atoms with van der Waals surface area (Å²) in [4.78, 5) is 13.2. The number of benzene rings is 3. The van der Waals surface area contributed by atoms with Crippen molar-refractivity contribution in [3.63, 3.8) is 0 Å². The highest BCUT2D eigenvalue weighted by atomic mass is 35.5. The number of carbonyl (C=O) groups is 1. The van der Waals surface area contributed by atoms with Crippen LogP contribution in [0.1, 0.15) is 29.7 Å². The second-order valence-corrected chi connectivity index (χ2v) is 8.20. The molecule has 0 unspecified atom stereocenters. The van der Waals surface area contributed by atoms with Crippen LogP contribution in [-0.2, 0) is 4.79 Å². The average Bonchev–Trinajstić information content (AvgIpc) is 3.09. The van der Waals surface area contributed by atoms with E-state index >= 15 is 0 Å². The summed E-state index contributed by atoms with van der Waals surface area (Å²) in [7, 11) is 0. The number of rotatable bonds is 4. The highest BCUT2D eigenvalue weighted by Gasteiger charge is 2.22. The number of amides is 1. The van der Waals surface area contributed by atoms with E-state index in [-0.39, 0.29) is 5.91 Å². The maximum atomic E-state index is 13.2. The molecule has 0 saturated heterocycles. The molecule has 4 aromatic rings. The highest BCUT2D eigenvalue weighted by molar-refractivity contribution is 6.31. The third-order valence-corrected chi connectivity index (χ3v) is 5.62. The lowest BCUT2D eigenvalue weighted by atomic mass is 10.0. The van der Waals surface area contributed by atoms with Gasteiger partial charge in [-0.05, 0) is 57.0 Å². The van der Waals surface area contributed by atoms with E-state index in [0.717, 1.165) is 39.0 Å². The lowest BCUT2D eigenvalue weighted by molar-refractivity contribution is -0.119. The van der Waals surface area contributed by atoms with Crippen LogP contribution in [0.25, 0.3) is 22.2 Å². The van der Waals surface area contributed by atoms with Crippen molar-refractivity contribution in [3.8, 4) is 11.3 Å². The van der Waals surface area contributed by atoms with Gasteiger partial charge in [-0.1, -0.05) is 59.6 Å². The monoisotopic (exact) mass is 417 g/mol. The van der Waals surface area contributed by atoms with Crippen LogP contribution in [0.4, 0.5) is 5.69 Å². The Morgan fingerprint density at radius 3 is 2.33 bits per heavy atom. The smallest absolute Gasteiger partial charge is 0.248 e. The molecule has 0 saturated carbocycles. The van der Waals surface area contributed by atoms with Gasteiger partial charge in [0, 0.05) is 21.7 Å². The minimum absolute atomic E-state index is 0.107. The van der Waals surface area contributed by atoms with Crippen LogP contribution in [0.5, 0.6) is 0 Å². The normalized spacial score (nSPS) is 12.2. The van der Waals surface area contributed by atoms with Crippen LogP contribution >= 0.6 is 11.6 Å². The van der Waals surface area contributed by atoms with Gasteiger partial charge in [-0.3, -0.25) is 9.48 Å². The van der Waals surface area contributed by atoms with Gasteiger partial charge >= 0.3 is 0 Å². The molecule has 4 rings (SSSR count). The molecule has 3 aromatic carbocycles. The van der Waals surface area contributed by atoms with Gasteiger partial charge in [0.05, 0.1) is 5.52 Å². The summed E-state index contributed by atoms with van der Waals surface area (Å²) in [6.07, 6.45) is 0. The molecule has 0 aliphatic carbocycles. The summed E-state index contributed by atoms with van der Waals surface area (Å²) in [6, 6.07) is 19.3. The Kier molecular flexibility index (Phi) is 5.35. The SMILES string of the molecule is Cc1cc(C)c(NC(=O)[C@@H](C)n2nc(-c3ccccc3)c3cc(Cl)ccc32)c(C)c1. The lowest BCUT2D eigenvalue weighted by Gasteiger charge is -2.17. The fourth-order valence-corrected chi connectivity index (χ4v) is 4.11. The molecule has 30 heavy (non-hydrogen) atoms. The average molecular weight is 418 g/mol. The maximum Gasteiger partial charge on any atom is 0.248 e. The van der Waals surface area contributed by atoms with Crippen LogP contribution in [0.2, 0.25) is 5.02 Å². The van der Waals surface area contributed by atoms with E-state index in [4.69, 9.17) is 16.7 Å². The van der Waals surface area contributed by atoms with Crippen molar-refractivity contribution in [2.75, 3.05) is 5.32 Å². The molecule has 1 atom stereocenters. The van der Waals surface area contributed by atoms with Crippen molar-refractivity contribution >= 4 is 34.1 Å². The van der Waals surface area contributed by atoms with E-state index in [9.17, 15) is 4.79 Å². The number of anilines is 1. The van der Waals surface area contributed by atoms with Gasteiger partial charge < -0.3 is 5.32 Å². The first-order valence-corrected chi connectivity index (χ1v) is 10.3. The molecule has 1 heterocycles. The van der Waals surface area contributed by atoms with Gasteiger partial charge in [0.2, 0.25) is 5.91 Å². The predicted molar refractivity (Wildman–Crippen MR) is 124 cm³/mol. The predicted octanol–water partition coefficient (Wildman–Crippen LogP) is 6.48. The second kappa shape index (κ2) is 7.96. The molecular formula is C25H24ClN3O. The summed E-state index contributed by atoms with van der Waals surface area (Å²) in [5.74, 6) is -0.107. The molecule has 0 radical (unpaired) electrons. The topological polar surface area (TPSA) is 46.9 Å². The summed E-state index contributed by atoms with van der Waals surface area (Å²) in [6.45, 7) is 7.95. The summed E-state index contributed by atoms with van der Waals surface area (Å²) < 4.78 is 1.78. The molecule has 152 valence electrons. The number of aryl methyl sites for hydroxylation is 3. The van der Waals surface area contributed by atoms with Crippen molar-refractivity contribution in [3.05, 3.63) is 82.4 Å². The van der Waals surface area contributed by atoms with Crippen molar-refractivity contribution in [1.82, 2.24) is 9.78 Å². The van der Waals surface area contributed by atoms with E-state index in [2.05, 4.69) is 24.4 Å². The van der Waals surface area contributed by atoms with E-state index < -0.39 is 6.04 Å². The highest BCUT2D eigenvalue weighted by Crippen LogP contribution is 2.32. The standard InChI is InChI=1S/C25H24ClN3O/c1-15-12-16(2)23(17(3)13-15)27-25(30)18(4)29-22-11-10-20(26)14-21(22)24(28-29)19-8-6-5-7-9-19/h5-14,18H,1-4H3,(H,27,30)/t18-/m1/s1. The van der Waals surface area contributed by atoms with Crippen molar-refractivity contribution in [2.45, 2.75) is 33.7 Å². The number of carbonyl (C=O) groups excluding carboxylic acids is 1. The minimum atomic E-state index is -0.494. The minimum Gasteiger partial charge on any atom is -0.324 e. The van der Waals surface area contributed by atoms with Gasteiger partial charge in [0.1, 0.15) is 11.7 Å². The zero-order chi connectivity index (χ0) is 21.4. The molecule has 4 nitrogen and oxygen atoms in total. The van der Waals surface area contributed by atoms with Crippen LogP contribution in [0.3, 0.4) is 0 Å². The lowest BCUT2D eigenvalue weighted by Crippen LogP contribution is -2.25. The fourth-order valence-electron chi connectivity index (χ4n) is 3.93. The number of nitrogens with one attached hydrogen (secondary N) is 1.